The third-order valence-electron chi connectivity index (χ3n) is 3.65. The first-order valence-electron chi connectivity index (χ1n) is 6.70. The zero-order valence-electron chi connectivity index (χ0n) is 11.6. The smallest absolute Gasteiger partial charge is 0.0564 e. The topological polar surface area (TPSA) is 15.3 Å². The molecule has 0 saturated carbocycles. The van der Waals surface area contributed by atoms with Crippen molar-refractivity contribution < 1.29 is 0 Å². The van der Waals surface area contributed by atoms with Gasteiger partial charge in [0.15, 0.2) is 0 Å². The minimum atomic E-state index is 0.513. The van der Waals surface area contributed by atoms with Crippen molar-refractivity contribution in [1.82, 2.24) is 10.2 Å². The molecule has 0 radical (unpaired) electrons. The van der Waals surface area contributed by atoms with Crippen molar-refractivity contribution >= 4 is 23.1 Å². The summed E-state index contributed by atoms with van der Waals surface area (Å²) in [5, 5.41) is 5.98. The Bertz CT molecular complexity index is 356. The number of thiophene rings is 1. The van der Waals surface area contributed by atoms with E-state index >= 15 is 0 Å². The predicted molar refractivity (Wildman–Crippen MR) is 83.8 cm³/mol. The normalized spacial score (nSPS) is 19.3. The Balaban J connectivity index is 1.92. The van der Waals surface area contributed by atoms with Gasteiger partial charge in [-0.15, -0.1) is 11.3 Å². The molecule has 0 unspecified atom stereocenters. The molecule has 0 aromatic carbocycles. The van der Waals surface area contributed by atoms with Crippen LogP contribution < -0.4 is 5.32 Å². The number of thioether (sulfide) groups is 1. The van der Waals surface area contributed by atoms with Gasteiger partial charge in [0.1, 0.15) is 0 Å². The summed E-state index contributed by atoms with van der Waals surface area (Å²) in [5.74, 6) is 2.64. The van der Waals surface area contributed by atoms with Gasteiger partial charge in [0, 0.05) is 17.5 Å². The molecule has 1 saturated heterocycles. The van der Waals surface area contributed by atoms with Gasteiger partial charge >= 0.3 is 0 Å². The van der Waals surface area contributed by atoms with E-state index in [1.165, 1.54) is 34.8 Å². The molecule has 0 bridgehead atoms. The fourth-order valence-corrected chi connectivity index (χ4v) is 4.65. The minimum Gasteiger partial charge on any atom is -0.312 e. The molecule has 102 valence electrons. The highest BCUT2D eigenvalue weighted by Crippen LogP contribution is 2.27. The van der Waals surface area contributed by atoms with E-state index in [0.717, 1.165) is 12.6 Å². The standard InChI is InChI=1S/C14H24N2S2/c1-11-4-9-18-14(11)13(16(2)3)10-15-12-5-7-17-8-6-12/h4,9,12-13,15H,5-8,10H2,1-3H3/t13-/m0/s1. The highest BCUT2D eigenvalue weighted by atomic mass is 32.2. The second-order valence-corrected chi connectivity index (χ2v) is 7.41. The number of nitrogens with zero attached hydrogens (tertiary/aromatic N) is 1. The largest absolute Gasteiger partial charge is 0.312 e. The molecule has 1 aliphatic heterocycles. The first-order chi connectivity index (χ1) is 8.68. The second kappa shape index (κ2) is 6.94. The summed E-state index contributed by atoms with van der Waals surface area (Å²) in [6.45, 7) is 3.29. The van der Waals surface area contributed by atoms with Gasteiger partial charge < -0.3 is 10.2 Å². The van der Waals surface area contributed by atoms with Crippen molar-refractivity contribution in [1.29, 1.82) is 0 Å². The Morgan fingerprint density at radius 1 is 1.39 bits per heavy atom. The van der Waals surface area contributed by atoms with Crippen LogP contribution in [-0.4, -0.2) is 43.1 Å². The van der Waals surface area contributed by atoms with E-state index in [4.69, 9.17) is 0 Å². The first-order valence-corrected chi connectivity index (χ1v) is 8.73. The van der Waals surface area contributed by atoms with Gasteiger partial charge in [-0.1, -0.05) is 0 Å². The van der Waals surface area contributed by atoms with Crippen molar-refractivity contribution in [2.24, 2.45) is 0 Å². The van der Waals surface area contributed by atoms with Crippen molar-refractivity contribution in [3.05, 3.63) is 21.9 Å². The fourth-order valence-electron chi connectivity index (χ4n) is 2.42. The molecule has 2 nitrogen and oxygen atoms in total. The van der Waals surface area contributed by atoms with Crippen LogP contribution in [0.2, 0.25) is 0 Å². The second-order valence-electron chi connectivity index (χ2n) is 5.24. The highest BCUT2D eigenvalue weighted by molar-refractivity contribution is 7.99. The van der Waals surface area contributed by atoms with Crippen molar-refractivity contribution in [3.8, 4) is 0 Å². The number of rotatable bonds is 5. The van der Waals surface area contributed by atoms with E-state index in [2.05, 4.69) is 54.4 Å². The van der Waals surface area contributed by atoms with Crippen LogP contribution in [0.4, 0.5) is 0 Å². The number of aryl methyl sites for hydroxylation is 1. The van der Waals surface area contributed by atoms with Gasteiger partial charge in [0.25, 0.3) is 0 Å². The lowest BCUT2D eigenvalue weighted by Gasteiger charge is -2.29. The molecular weight excluding hydrogens is 260 g/mol. The molecule has 2 rings (SSSR count). The molecular formula is C14H24N2S2. The number of likely N-dealkylation sites (N-methyl/N-ethyl adjacent to an activating group) is 1. The van der Waals surface area contributed by atoms with E-state index in [0.29, 0.717) is 6.04 Å². The third-order valence-corrected chi connectivity index (χ3v) is 5.82. The molecule has 0 amide bonds. The van der Waals surface area contributed by atoms with E-state index in [9.17, 15) is 0 Å². The van der Waals surface area contributed by atoms with Crippen LogP contribution in [0.1, 0.15) is 29.3 Å². The maximum Gasteiger partial charge on any atom is 0.0564 e. The summed E-state index contributed by atoms with van der Waals surface area (Å²) in [5.41, 5.74) is 1.43. The quantitative estimate of drug-likeness (QED) is 0.894. The average Bonchev–Trinajstić information content (AvgIpc) is 2.77. The van der Waals surface area contributed by atoms with Gasteiger partial charge in [-0.2, -0.15) is 11.8 Å². The maximum atomic E-state index is 3.77. The van der Waals surface area contributed by atoms with Crippen molar-refractivity contribution in [2.45, 2.75) is 31.8 Å². The predicted octanol–water partition coefficient (Wildman–Crippen LogP) is 3.14. The van der Waals surface area contributed by atoms with Gasteiger partial charge in [-0.3, -0.25) is 0 Å². The lowest BCUT2D eigenvalue weighted by atomic mass is 10.1. The Morgan fingerprint density at radius 3 is 2.67 bits per heavy atom. The van der Waals surface area contributed by atoms with Crippen molar-refractivity contribution in [2.75, 3.05) is 32.1 Å². The molecule has 0 spiro atoms. The Labute approximate surface area is 119 Å². The van der Waals surface area contributed by atoms with Crippen LogP contribution in [0.5, 0.6) is 0 Å². The summed E-state index contributed by atoms with van der Waals surface area (Å²) in [6, 6.07) is 3.47. The van der Waals surface area contributed by atoms with Crippen molar-refractivity contribution in [3.63, 3.8) is 0 Å². The highest BCUT2D eigenvalue weighted by Gasteiger charge is 2.20. The Morgan fingerprint density at radius 2 is 2.11 bits per heavy atom. The van der Waals surface area contributed by atoms with Crippen LogP contribution in [0.25, 0.3) is 0 Å². The number of nitrogens with one attached hydrogen (secondary N) is 1. The molecule has 0 aliphatic carbocycles. The van der Waals surface area contributed by atoms with Crippen LogP contribution in [-0.2, 0) is 0 Å². The van der Waals surface area contributed by atoms with Crippen LogP contribution in [0.15, 0.2) is 11.4 Å². The van der Waals surface area contributed by atoms with Crippen LogP contribution >= 0.6 is 23.1 Å². The molecule has 2 heterocycles. The number of hydrogen-bond acceptors (Lipinski definition) is 4. The van der Waals surface area contributed by atoms with E-state index < -0.39 is 0 Å². The molecule has 1 atom stereocenters. The van der Waals surface area contributed by atoms with Gasteiger partial charge in [0.05, 0.1) is 6.04 Å². The molecule has 1 N–H and O–H groups in total. The van der Waals surface area contributed by atoms with Crippen LogP contribution in [0, 0.1) is 6.92 Å². The first kappa shape index (κ1) is 14.4. The number of hydrogen-bond donors (Lipinski definition) is 1. The van der Waals surface area contributed by atoms with E-state index in [1.807, 2.05) is 11.3 Å². The third kappa shape index (κ3) is 3.73. The summed E-state index contributed by atoms with van der Waals surface area (Å²) in [6.07, 6.45) is 2.66. The summed E-state index contributed by atoms with van der Waals surface area (Å²) < 4.78 is 0. The lowest BCUT2D eigenvalue weighted by Crippen LogP contribution is -2.38. The molecule has 1 fully saturated rings. The lowest BCUT2D eigenvalue weighted by molar-refractivity contribution is 0.279. The summed E-state index contributed by atoms with van der Waals surface area (Å²) in [4.78, 5) is 3.85. The Hall–Kier alpha value is -0.0300. The zero-order valence-corrected chi connectivity index (χ0v) is 13.2. The van der Waals surface area contributed by atoms with E-state index in [-0.39, 0.29) is 0 Å². The maximum absolute atomic E-state index is 3.77. The Kier molecular flexibility index (Phi) is 5.55. The SMILES string of the molecule is Cc1ccsc1[C@H](CNC1CCSCC1)N(C)C. The average molecular weight is 284 g/mol. The molecule has 1 aliphatic rings. The molecule has 18 heavy (non-hydrogen) atoms. The fraction of sp³-hybridized carbons (Fsp3) is 0.714. The van der Waals surface area contributed by atoms with Gasteiger partial charge in [-0.25, -0.2) is 0 Å². The van der Waals surface area contributed by atoms with Gasteiger partial charge in [-0.05, 0) is 62.4 Å². The van der Waals surface area contributed by atoms with Crippen LogP contribution in [0.3, 0.4) is 0 Å². The molecule has 4 heteroatoms. The summed E-state index contributed by atoms with van der Waals surface area (Å²) >= 11 is 3.98. The zero-order chi connectivity index (χ0) is 13.0. The minimum absolute atomic E-state index is 0.513. The van der Waals surface area contributed by atoms with E-state index in [1.54, 1.807) is 0 Å². The summed E-state index contributed by atoms with van der Waals surface area (Å²) in [7, 11) is 4.37. The van der Waals surface area contributed by atoms with Gasteiger partial charge in [0.2, 0.25) is 0 Å². The molecule has 1 aromatic rings. The molecule has 1 aromatic heterocycles. The monoisotopic (exact) mass is 284 g/mol.